The summed E-state index contributed by atoms with van der Waals surface area (Å²) in [5.74, 6) is -0.185. The lowest BCUT2D eigenvalue weighted by molar-refractivity contribution is -0.384. The molecule has 0 saturated carbocycles. The number of nitro benzene ring substituents is 1. The monoisotopic (exact) mass is 497 g/mol. The average Bonchev–Trinajstić information content (AvgIpc) is 3.23. The van der Waals surface area contributed by atoms with Crippen molar-refractivity contribution in [1.29, 1.82) is 0 Å². The molecule has 1 N–H and O–H groups in total. The van der Waals surface area contributed by atoms with Crippen LogP contribution in [-0.2, 0) is 13.7 Å². The van der Waals surface area contributed by atoms with Crippen LogP contribution in [0, 0.1) is 10.1 Å². The number of hydrogen-bond donors (Lipinski definition) is 1. The number of halogens is 1. The Hall–Kier alpha value is -3.92. The van der Waals surface area contributed by atoms with E-state index in [9.17, 15) is 19.7 Å². The smallest absolute Gasteiger partial charge is 0.274 e. The van der Waals surface area contributed by atoms with Crippen molar-refractivity contribution in [2.75, 3.05) is 18.4 Å². The second-order valence-corrected chi connectivity index (χ2v) is 8.60. The molecule has 2 amide bonds. The molecule has 2 heterocycles. The van der Waals surface area contributed by atoms with Crippen molar-refractivity contribution >= 4 is 34.8 Å². The van der Waals surface area contributed by atoms with Crippen molar-refractivity contribution < 1.29 is 19.2 Å². The van der Waals surface area contributed by atoms with Gasteiger partial charge < -0.3 is 15.0 Å². The second kappa shape index (κ2) is 10.6. The largest absolute Gasteiger partial charge is 0.487 e. The fourth-order valence-corrected chi connectivity index (χ4v) is 4.09. The van der Waals surface area contributed by atoms with Crippen LogP contribution >= 0.6 is 11.6 Å². The third-order valence-electron chi connectivity index (χ3n) is 5.77. The summed E-state index contributed by atoms with van der Waals surface area (Å²) in [6, 6.07) is 10.7. The zero-order valence-corrected chi connectivity index (χ0v) is 19.8. The standard InChI is InChI=1S/C24H24ClN5O5/c1-28-22(24(32)29-11-3-2-4-12-29)20(14-26-28)27-23(31)17-7-5-16(6-8-17)15-35-21-10-9-18(30(33)34)13-19(21)25/h5-10,13-14H,2-4,11-12,15H2,1H3,(H,27,31). The molecule has 0 bridgehead atoms. The van der Waals surface area contributed by atoms with Gasteiger partial charge in [-0.05, 0) is 43.0 Å². The van der Waals surface area contributed by atoms with Crippen LogP contribution in [0.3, 0.4) is 0 Å². The van der Waals surface area contributed by atoms with Gasteiger partial charge in [0.05, 0.1) is 21.8 Å². The van der Waals surface area contributed by atoms with Crippen LogP contribution < -0.4 is 10.1 Å². The first kappa shape index (κ1) is 24.2. The highest BCUT2D eigenvalue weighted by Crippen LogP contribution is 2.29. The van der Waals surface area contributed by atoms with E-state index >= 15 is 0 Å². The number of nitro groups is 1. The van der Waals surface area contributed by atoms with Crippen molar-refractivity contribution in [3.8, 4) is 5.75 Å². The molecular formula is C24H24ClN5O5. The third-order valence-corrected chi connectivity index (χ3v) is 6.06. The first-order valence-electron chi connectivity index (χ1n) is 11.1. The molecule has 1 fully saturated rings. The molecule has 2 aromatic carbocycles. The highest BCUT2D eigenvalue weighted by Gasteiger charge is 2.25. The molecule has 11 heteroatoms. The van der Waals surface area contributed by atoms with Gasteiger partial charge in [0.15, 0.2) is 0 Å². The molecule has 1 aromatic heterocycles. The minimum Gasteiger partial charge on any atom is -0.487 e. The average molecular weight is 498 g/mol. The number of carbonyl (C=O) groups is 2. The maximum atomic E-state index is 13.0. The molecule has 0 radical (unpaired) electrons. The first-order valence-corrected chi connectivity index (χ1v) is 11.5. The van der Waals surface area contributed by atoms with Crippen molar-refractivity contribution in [3.05, 3.63) is 80.6 Å². The highest BCUT2D eigenvalue weighted by atomic mass is 35.5. The number of non-ortho nitro benzene ring substituents is 1. The van der Waals surface area contributed by atoms with Crippen LogP contribution in [0.1, 0.15) is 45.7 Å². The Labute approximate surface area is 206 Å². The van der Waals surface area contributed by atoms with Crippen LogP contribution in [0.15, 0.2) is 48.7 Å². The lowest BCUT2D eigenvalue weighted by Crippen LogP contribution is -2.37. The minimum atomic E-state index is -0.530. The van der Waals surface area contributed by atoms with E-state index in [0.29, 0.717) is 35.8 Å². The number of rotatable bonds is 7. The Morgan fingerprint density at radius 2 is 1.86 bits per heavy atom. The SMILES string of the molecule is Cn1ncc(NC(=O)c2ccc(COc3ccc([N+](=O)[O-])cc3Cl)cc2)c1C(=O)N1CCCCC1. The number of amides is 2. The molecule has 10 nitrogen and oxygen atoms in total. The van der Waals surface area contributed by atoms with Crippen molar-refractivity contribution in [2.45, 2.75) is 25.9 Å². The van der Waals surface area contributed by atoms with E-state index in [4.69, 9.17) is 16.3 Å². The van der Waals surface area contributed by atoms with Gasteiger partial charge in [0, 0.05) is 37.8 Å². The topological polar surface area (TPSA) is 120 Å². The molecule has 0 unspecified atom stereocenters. The van der Waals surface area contributed by atoms with Crippen molar-refractivity contribution in [2.24, 2.45) is 7.05 Å². The van der Waals surface area contributed by atoms with E-state index in [0.717, 1.165) is 24.8 Å². The molecule has 35 heavy (non-hydrogen) atoms. The summed E-state index contributed by atoms with van der Waals surface area (Å²) >= 11 is 6.05. The predicted molar refractivity (Wildman–Crippen MR) is 130 cm³/mol. The summed E-state index contributed by atoms with van der Waals surface area (Å²) in [6.45, 7) is 1.56. The summed E-state index contributed by atoms with van der Waals surface area (Å²) in [5.41, 5.74) is 1.78. The first-order chi connectivity index (χ1) is 16.8. The number of piperidine rings is 1. The fourth-order valence-electron chi connectivity index (χ4n) is 3.86. The van der Waals surface area contributed by atoms with Crippen LogP contribution in [0.4, 0.5) is 11.4 Å². The molecule has 182 valence electrons. The van der Waals surface area contributed by atoms with Gasteiger partial charge in [0.25, 0.3) is 17.5 Å². The van der Waals surface area contributed by atoms with Crippen LogP contribution in [0.25, 0.3) is 0 Å². The van der Waals surface area contributed by atoms with Gasteiger partial charge >= 0.3 is 0 Å². The highest BCUT2D eigenvalue weighted by molar-refractivity contribution is 6.32. The van der Waals surface area contributed by atoms with Gasteiger partial charge in [0.1, 0.15) is 18.1 Å². The van der Waals surface area contributed by atoms with Crippen LogP contribution in [0.2, 0.25) is 5.02 Å². The number of ether oxygens (including phenoxy) is 1. The number of hydrogen-bond acceptors (Lipinski definition) is 6. The van der Waals surface area contributed by atoms with Gasteiger partial charge in [-0.15, -0.1) is 0 Å². The molecule has 1 saturated heterocycles. The van der Waals surface area contributed by atoms with E-state index in [1.807, 2.05) is 0 Å². The molecule has 0 aliphatic carbocycles. The normalized spacial score (nSPS) is 13.4. The fraction of sp³-hybridized carbons (Fsp3) is 0.292. The zero-order chi connectivity index (χ0) is 24.9. The molecule has 4 rings (SSSR count). The number of aromatic nitrogens is 2. The van der Waals surface area contributed by atoms with E-state index in [2.05, 4.69) is 10.4 Å². The molecule has 1 aliphatic rings. The maximum Gasteiger partial charge on any atom is 0.274 e. The van der Waals surface area contributed by atoms with Gasteiger partial charge in [-0.3, -0.25) is 24.4 Å². The van der Waals surface area contributed by atoms with Gasteiger partial charge in [-0.1, -0.05) is 23.7 Å². The summed E-state index contributed by atoms with van der Waals surface area (Å²) in [6.07, 6.45) is 4.53. The van der Waals surface area contributed by atoms with Gasteiger partial charge in [0.2, 0.25) is 0 Å². The number of anilines is 1. The molecule has 1 aliphatic heterocycles. The number of nitrogens with zero attached hydrogens (tertiary/aromatic N) is 4. The van der Waals surface area contributed by atoms with Crippen molar-refractivity contribution in [1.82, 2.24) is 14.7 Å². The number of likely N-dealkylation sites (tertiary alicyclic amines) is 1. The summed E-state index contributed by atoms with van der Waals surface area (Å²) in [5, 5.41) is 17.9. The predicted octanol–water partition coefficient (Wildman–Crippen LogP) is 4.44. The number of benzene rings is 2. The number of aryl methyl sites for hydroxylation is 1. The van der Waals surface area contributed by atoms with Gasteiger partial charge in [-0.25, -0.2) is 0 Å². The molecule has 0 spiro atoms. The molecular weight excluding hydrogens is 474 g/mol. The van der Waals surface area contributed by atoms with Crippen molar-refractivity contribution in [3.63, 3.8) is 0 Å². The third kappa shape index (κ3) is 5.60. The summed E-state index contributed by atoms with van der Waals surface area (Å²) in [7, 11) is 1.68. The second-order valence-electron chi connectivity index (χ2n) is 8.19. The lowest BCUT2D eigenvalue weighted by atomic mass is 10.1. The minimum absolute atomic E-state index is 0.118. The summed E-state index contributed by atoms with van der Waals surface area (Å²) in [4.78, 5) is 37.9. The Balaban J connectivity index is 1.39. The number of nitrogens with one attached hydrogen (secondary N) is 1. The molecule has 3 aromatic rings. The quantitative estimate of drug-likeness (QED) is 0.380. The lowest BCUT2D eigenvalue weighted by Gasteiger charge is -2.27. The number of carbonyl (C=O) groups excluding carboxylic acids is 2. The Kier molecular flexibility index (Phi) is 7.31. The van der Waals surface area contributed by atoms with Crippen LogP contribution in [-0.4, -0.2) is 44.5 Å². The van der Waals surface area contributed by atoms with Gasteiger partial charge in [-0.2, -0.15) is 5.10 Å². The van der Waals surface area contributed by atoms with Crippen LogP contribution in [0.5, 0.6) is 5.75 Å². The maximum absolute atomic E-state index is 13.0. The Morgan fingerprint density at radius 1 is 1.14 bits per heavy atom. The Bertz CT molecular complexity index is 1250. The molecule has 0 atom stereocenters. The Morgan fingerprint density at radius 3 is 2.51 bits per heavy atom. The summed E-state index contributed by atoms with van der Waals surface area (Å²) < 4.78 is 7.13. The van der Waals surface area contributed by atoms with E-state index in [1.54, 1.807) is 36.2 Å². The van der Waals surface area contributed by atoms with E-state index < -0.39 is 4.92 Å². The van der Waals surface area contributed by atoms with E-state index in [-0.39, 0.29) is 29.1 Å². The zero-order valence-electron chi connectivity index (χ0n) is 19.1. The van der Waals surface area contributed by atoms with E-state index in [1.165, 1.54) is 29.1 Å².